The van der Waals surface area contributed by atoms with Gasteiger partial charge < -0.3 is 9.84 Å². The molecule has 0 aliphatic carbocycles. The molecule has 2 aromatic carbocycles. The molecule has 39 heavy (non-hydrogen) atoms. The van der Waals surface area contributed by atoms with Crippen LogP contribution in [0.3, 0.4) is 0 Å². The first-order chi connectivity index (χ1) is 18.7. The summed E-state index contributed by atoms with van der Waals surface area (Å²) in [4.78, 5) is 19.0. The Balaban J connectivity index is 1.45. The van der Waals surface area contributed by atoms with Crippen LogP contribution in [-0.2, 0) is 4.79 Å². The van der Waals surface area contributed by atoms with Crippen molar-refractivity contribution in [2.45, 2.75) is 31.8 Å². The highest BCUT2D eigenvalue weighted by Crippen LogP contribution is 2.41. The van der Waals surface area contributed by atoms with E-state index in [1.165, 1.54) is 13.3 Å². The standard InChI is InChI=1S/C28H27ClF3N3O4/c1-39-18-4-5-24-20(15-18)26(21(29)16-33-24)25(36)6-7-28(27(37)34-38)8-11-35(12-9-28)10-2-3-19-22(31)13-17(30)14-23(19)32/h4-5,13-16,25,36,38H,6-12H2,1H3,(H,34,37)/t25-/m1/s1. The van der Waals surface area contributed by atoms with Crippen LogP contribution < -0.4 is 10.2 Å². The normalized spacial score (nSPS) is 15.9. The van der Waals surface area contributed by atoms with Crippen LogP contribution in [0.25, 0.3) is 10.9 Å². The summed E-state index contributed by atoms with van der Waals surface area (Å²) in [5.41, 5.74) is 1.41. The number of methoxy groups -OCH3 is 1. The minimum atomic E-state index is -1.07. The number of halogens is 4. The summed E-state index contributed by atoms with van der Waals surface area (Å²) >= 11 is 6.41. The molecule has 7 nitrogen and oxygen atoms in total. The van der Waals surface area contributed by atoms with E-state index in [0.29, 0.717) is 60.3 Å². The lowest BCUT2D eigenvalue weighted by atomic mass is 9.73. The van der Waals surface area contributed by atoms with Crippen molar-refractivity contribution in [3.05, 3.63) is 70.1 Å². The van der Waals surface area contributed by atoms with Crippen molar-refractivity contribution in [3.63, 3.8) is 0 Å². The lowest BCUT2D eigenvalue weighted by Crippen LogP contribution is -2.48. The van der Waals surface area contributed by atoms with Crippen molar-refractivity contribution < 1.29 is 33.0 Å². The van der Waals surface area contributed by atoms with Gasteiger partial charge in [-0.15, -0.1) is 0 Å². The number of nitrogens with one attached hydrogen (secondary N) is 1. The van der Waals surface area contributed by atoms with E-state index in [1.807, 2.05) is 4.90 Å². The molecule has 3 aromatic rings. The molecule has 1 saturated heterocycles. The second kappa shape index (κ2) is 12.2. The van der Waals surface area contributed by atoms with Gasteiger partial charge in [0.25, 0.3) is 0 Å². The number of aromatic nitrogens is 1. The van der Waals surface area contributed by atoms with Gasteiger partial charge in [0.15, 0.2) is 0 Å². The fraction of sp³-hybridized carbons (Fsp3) is 0.357. The smallest absolute Gasteiger partial charge is 0.249 e. The van der Waals surface area contributed by atoms with Gasteiger partial charge in [0.05, 0.1) is 41.3 Å². The van der Waals surface area contributed by atoms with Gasteiger partial charge in [-0.3, -0.25) is 19.9 Å². The second-order valence-corrected chi connectivity index (χ2v) is 9.91. The van der Waals surface area contributed by atoms with Crippen molar-refractivity contribution in [2.24, 2.45) is 5.41 Å². The van der Waals surface area contributed by atoms with Crippen molar-refractivity contribution >= 4 is 28.4 Å². The molecule has 11 heteroatoms. The Morgan fingerprint density at radius 3 is 2.56 bits per heavy atom. The van der Waals surface area contributed by atoms with Crippen LogP contribution >= 0.6 is 11.6 Å². The van der Waals surface area contributed by atoms with Crippen molar-refractivity contribution in [2.75, 3.05) is 26.7 Å². The van der Waals surface area contributed by atoms with E-state index in [9.17, 15) is 28.3 Å². The zero-order valence-electron chi connectivity index (χ0n) is 21.1. The quantitative estimate of drug-likeness (QED) is 0.219. The third-order valence-electron chi connectivity index (χ3n) is 7.22. The summed E-state index contributed by atoms with van der Waals surface area (Å²) < 4.78 is 46.0. The fourth-order valence-electron chi connectivity index (χ4n) is 4.94. The van der Waals surface area contributed by atoms with E-state index >= 15 is 0 Å². The molecule has 1 aliphatic rings. The summed E-state index contributed by atoms with van der Waals surface area (Å²) in [5.74, 6) is 1.97. The summed E-state index contributed by atoms with van der Waals surface area (Å²) in [6.45, 7) is 1.02. The van der Waals surface area contributed by atoms with Crippen LogP contribution in [0.5, 0.6) is 5.75 Å². The molecular weight excluding hydrogens is 535 g/mol. The Hall–Kier alpha value is -3.36. The zero-order valence-corrected chi connectivity index (χ0v) is 21.9. The molecule has 206 valence electrons. The summed E-state index contributed by atoms with van der Waals surface area (Å²) in [6, 6.07) is 6.40. The minimum Gasteiger partial charge on any atom is -0.497 e. The van der Waals surface area contributed by atoms with Crippen molar-refractivity contribution in [3.8, 4) is 17.6 Å². The molecule has 1 aliphatic heterocycles. The molecule has 0 unspecified atom stereocenters. The first-order valence-electron chi connectivity index (χ1n) is 12.3. The molecule has 3 N–H and O–H groups in total. The number of benzene rings is 2. The van der Waals surface area contributed by atoms with E-state index in [-0.39, 0.29) is 24.4 Å². The van der Waals surface area contributed by atoms with E-state index in [0.717, 1.165) is 0 Å². The number of hydrogen-bond acceptors (Lipinski definition) is 6. The number of hydroxylamine groups is 1. The number of carbonyl (C=O) groups excluding carboxylic acids is 1. The van der Waals surface area contributed by atoms with Crippen LogP contribution in [0.15, 0.2) is 36.5 Å². The third kappa shape index (κ3) is 6.28. The predicted octanol–water partition coefficient (Wildman–Crippen LogP) is 4.77. The molecular formula is C28H27ClF3N3O4. The number of pyridine rings is 1. The monoisotopic (exact) mass is 561 g/mol. The lowest BCUT2D eigenvalue weighted by molar-refractivity contribution is -0.143. The van der Waals surface area contributed by atoms with Crippen LogP contribution in [-0.4, -0.2) is 52.8 Å². The van der Waals surface area contributed by atoms with Crippen LogP contribution in [0.1, 0.15) is 42.9 Å². The molecule has 0 bridgehead atoms. The number of rotatable bonds is 7. The number of aliphatic hydroxyl groups is 1. The second-order valence-electron chi connectivity index (χ2n) is 9.50. The summed E-state index contributed by atoms with van der Waals surface area (Å²) in [6.07, 6.45) is 1.61. The molecule has 0 radical (unpaired) electrons. The number of ether oxygens (including phenoxy) is 1. The number of amides is 1. The molecule has 1 fully saturated rings. The van der Waals surface area contributed by atoms with Crippen LogP contribution in [0.2, 0.25) is 5.02 Å². The number of hydrogen-bond donors (Lipinski definition) is 3. The van der Waals surface area contributed by atoms with Crippen LogP contribution in [0, 0.1) is 34.7 Å². The fourth-order valence-corrected chi connectivity index (χ4v) is 5.22. The average molecular weight is 562 g/mol. The lowest BCUT2D eigenvalue weighted by Gasteiger charge is -2.40. The highest BCUT2D eigenvalue weighted by atomic mass is 35.5. The van der Waals surface area contributed by atoms with Gasteiger partial charge in [0.2, 0.25) is 5.91 Å². The summed E-state index contributed by atoms with van der Waals surface area (Å²) in [5, 5.41) is 21.5. The predicted molar refractivity (Wildman–Crippen MR) is 139 cm³/mol. The topological polar surface area (TPSA) is 94.9 Å². The van der Waals surface area contributed by atoms with Gasteiger partial charge in [-0.1, -0.05) is 23.4 Å². The van der Waals surface area contributed by atoms with E-state index in [2.05, 4.69) is 16.8 Å². The number of aliphatic hydroxyl groups excluding tert-OH is 1. The highest BCUT2D eigenvalue weighted by molar-refractivity contribution is 6.32. The maximum absolute atomic E-state index is 13.8. The van der Waals surface area contributed by atoms with Gasteiger partial charge in [-0.2, -0.15) is 0 Å². The molecule has 1 atom stereocenters. The number of carbonyl (C=O) groups is 1. The number of likely N-dealkylation sites (tertiary alicyclic amines) is 1. The van der Waals surface area contributed by atoms with Crippen molar-refractivity contribution in [1.29, 1.82) is 0 Å². The van der Waals surface area contributed by atoms with Gasteiger partial charge in [0, 0.05) is 42.4 Å². The zero-order chi connectivity index (χ0) is 28.2. The Bertz CT molecular complexity index is 1410. The number of piperidine rings is 1. The summed E-state index contributed by atoms with van der Waals surface area (Å²) in [7, 11) is 1.53. The van der Waals surface area contributed by atoms with E-state index in [4.69, 9.17) is 16.3 Å². The van der Waals surface area contributed by atoms with Gasteiger partial charge in [-0.05, 0) is 43.9 Å². The number of fused-ring (bicyclic) bond motifs is 1. The average Bonchev–Trinajstić information content (AvgIpc) is 2.93. The minimum absolute atomic E-state index is 0.177. The molecule has 1 amide bonds. The third-order valence-corrected chi connectivity index (χ3v) is 7.52. The van der Waals surface area contributed by atoms with Gasteiger partial charge in [0.1, 0.15) is 23.2 Å². The molecule has 1 aromatic heterocycles. The Morgan fingerprint density at radius 2 is 1.92 bits per heavy atom. The first kappa shape index (κ1) is 28.6. The Labute approximate surface area is 228 Å². The molecule has 4 rings (SSSR count). The maximum Gasteiger partial charge on any atom is 0.249 e. The maximum atomic E-state index is 13.8. The Morgan fingerprint density at radius 1 is 1.23 bits per heavy atom. The first-order valence-corrected chi connectivity index (χ1v) is 12.7. The number of nitrogens with zero attached hydrogens (tertiary/aromatic N) is 2. The van der Waals surface area contributed by atoms with Gasteiger partial charge >= 0.3 is 0 Å². The largest absolute Gasteiger partial charge is 0.497 e. The van der Waals surface area contributed by atoms with Crippen molar-refractivity contribution in [1.82, 2.24) is 15.4 Å². The molecule has 2 heterocycles. The van der Waals surface area contributed by atoms with Crippen LogP contribution in [0.4, 0.5) is 13.2 Å². The van der Waals surface area contributed by atoms with Gasteiger partial charge in [-0.25, -0.2) is 18.7 Å². The molecule has 0 spiro atoms. The SMILES string of the molecule is COc1ccc2ncc(Cl)c([C@H](O)CCC3(C(=O)NO)CCN(CC#Cc4c(F)cc(F)cc4F)CC3)c2c1. The Kier molecular flexibility index (Phi) is 8.97. The highest BCUT2D eigenvalue weighted by Gasteiger charge is 2.41. The molecule has 0 saturated carbocycles. The van der Waals surface area contributed by atoms with E-state index in [1.54, 1.807) is 23.7 Å². The van der Waals surface area contributed by atoms with E-state index < -0.39 is 40.4 Å².